The van der Waals surface area contributed by atoms with Gasteiger partial charge in [-0.05, 0) is 42.5 Å². The highest BCUT2D eigenvalue weighted by molar-refractivity contribution is 7.98. The number of benzene rings is 2. The standard InChI is InChI=1S/C20H21FN2O3S/c1-14-5-4-10-22(12-14)20(24)15-8-9-19(18(11-15)23(25)26)27-13-16-6-2-3-7-17(16)21/h2-3,6-9,11,14H,4-5,10,12-13H2,1H3/t14-/m1/s1. The smallest absolute Gasteiger partial charge is 0.283 e. The Morgan fingerprint density at radius 1 is 1.33 bits per heavy atom. The first kappa shape index (κ1) is 19.4. The van der Waals surface area contributed by atoms with E-state index in [1.165, 1.54) is 23.9 Å². The highest BCUT2D eigenvalue weighted by Crippen LogP contribution is 2.33. The lowest BCUT2D eigenvalue weighted by atomic mass is 9.99. The Balaban J connectivity index is 1.79. The zero-order valence-electron chi connectivity index (χ0n) is 15.1. The molecule has 0 saturated carbocycles. The fourth-order valence-corrected chi connectivity index (χ4v) is 4.23. The van der Waals surface area contributed by atoms with Crippen molar-refractivity contribution in [2.75, 3.05) is 13.1 Å². The predicted molar refractivity (Wildman–Crippen MR) is 103 cm³/mol. The summed E-state index contributed by atoms with van der Waals surface area (Å²) in [5, 5.41) is 11.5. The van der Waals surface area contributed by atoms with Crippen LogP contribution >= 0.6 is 11.8 Å². The quantitative estimate of drug-likeness (QED) is 0.415. The highest BCUT2D eigenvalue weighted by atomic mass is 32.2. The second kappa shape index (κ2) is 8.52. The largest absolute Gasteiger partial charge is 0.338 e. The van der Waals surface area contributed by atoms with Gasteiger partial charge in [0.2, 0.25) is 0 Å². The molecule has 0 aromatic heterocycles. The zero-order chi connectivity index (χ0) is 19.4. The summed E-state index contributed by atoms with van der Waals surface area (Å²) in [4.78, 5) is 25.9. The minimum absolute atomic E-state index is 0.118. The van der Waals surface area contributed by atoms with Crippen molar-refractivity contribution in [2.24, 2.45) is 5.92 Å². The van der Waals surface area contributed by atoms with E-state index in [4.69, 9.17) is 0 Å². The third-order valence-electron chi connectivity index (χ3n) is 4.69. The van der Waals surface area contributed by atoms with Crippen LogP contribution in [-0.2, 0) is 5.75 Å². The SMILES string of the molecule is C[C@@H]1CCCN(C(=O)c2ccc(SCc3ccccc3F)c([N+](=O)[O-])c2)C1. The molecule has 1 aliphatic heterocycles. The third-order valence-corrected chi connectivity index (χ3v) is 5.80. The first-order chi connectivity index (χ1) is 13.0. The van der Waals surface area contributed by atoms with E-state index in [0.717, 1.165) is 12.8 Å². The van der Waals surface area contributed by atoms with Gasteiger partial charge >= 0.3 is 0 Å². The number of carbonyl (C=O) groups excluding carboxylic acids is 1. The minimum Gasteiger partial charge on any atom is -0.338 e. The summed E-state index contributed by atoms with van der Waals surface area (Å²) in [6.07, 6.45) is 2.04. The Hall–Kier alpha value is -2.41. The van der Waals surface area contributed by atoms with Crippen molar-refractivity contribution in [2.45, 2.75) is 30.4 Å². The van der Waals surface area contributed by atoms with Crippen LogP contribution in [0.4, 0.5) is 10.1 Å². The van der Waals surface area contributed by atoms with Gasteiger partial charge in [-0.15, -0.1) is 11.8 Å². The van der Waals surface area contributed by atoms with Crippen molar-refractivity contribution >= 4 is 23.4 Å². The number of thioether (sulfide) groups is 1. The molecule has 2 aromatic carbocycles. The van der Waals surface area contributed by atoms with Gasteiger partial charge in [0.1, 0.15) is 5.82 Å². The van der Waals surface area contributed by atoms with Crippen molar-refractivity contribution in [3.8, 4) is 0 Å². The van der Waals surface area contributed by atoms with E-state index >= 15 is 0 Å². The van der Waals surface area contributed by atoms with Crippen LogP contribution in [0.15, 0.2) is 47.4 Å². The monoisotopic (exact) mass is 388 g/mol. The molecule has 1 saturated heterocycles. The molecule has 0 aliphatic carbocycles. The number of hydrogen-bond acceptors (Lipinski definition) is 4. The summed E-state index contributed by atoms with van der Waals surface area (Å²) < 4.78 is 13.8. The first-order valence-corrected chi connectivity index (χ1v) is 9.88. The number of nitrogens with zero attached hydrogens (tertiary/aromatic N) is 2. The van der Waals surface area contributed by atoms with Crippen molar-refractivity contribution in [3.05, 3.63) is 69.5 Å². The van der Waals surface area contributed by atoms with Crippen LogP contribution in [0.3, 0.4) is 0 Å². The van der Waals surface area contributed by atoms with Crippen LogP contribution in [0.5, 0.6) is 0 Å². The molecule has 7 heteroatoms. The van der Waals surface area contributed by atoms with E-state index in [1.54, 1.807) is 35.2 Å². The van der Waals surface area contributed by atoms with Crippen molar-refractivity contribution in [1.82, 2.24) is 4.90 Å². The van der Waals surface area contributed by atoms with Gasteiger partial charge in [0.25, 0.3) is 11.6 Å². The van der Waals surface area contributed by atoms with Crippen LogP contribution in [-0.4, -0.2) is 28.8 Å². The molecule has 1 heterocycles. The molecule has 1 amide bonds. The van der Waals surface area contributed by atoms with Gasteiger partial charge in [0.15, 0.2) is 0 Å². The molecule has 1 aliphatic rings. The Morgan fingerprint density at radius 3 is 2.81 bits per heavy atom. The highest BCUT2D eigenvalue weighted by Gasteiger charge is 2.24. The Morgan fingerprint density at radius 2 is 2.11 bits per heavy atom. The Labute approximate surface area is 161 Å². The van der Waals surface area contributed by atoms with Gasteiger partial charge in [0, 0.05) is 30.5 Å². The summed E-state index contributed by atoms with van der Waals surface area (Å²) in [6.45, 7) is 3.46. The Kier molecular flexibility index (Phi) is 6.11. The maximum Gasteiger partial charge on any atom is 0.283 e. The lowest BCUT2D eigenvalue weighted by Gasteiger charge is -2.31. The van der Waals surface area contributed by atoms with Gasteiger partial charge in [-0.25, -0.2) is 4.39 Å². The maximum absolute atomic E-state index is 13.8. The fourth-order valence-electron chi connectivity index (χ4n) is 3.24. The number of nitro benzene ring substituents is 1. The second-order valence-corrected chi connectivity index (χ2v) is 7.84. The molecule has 3 rings (SSSR count). The summed E-state index contributed by atoms with van der Waals surface area (Å²) in [6, 6.07) is 10.9. The molecule has 5 nitrogen and oxygen atoms in total. The fraction of sp³-hybridized carbons (Fsp3) is 0.350. The average molecular weight is 388 g/mol. The van der Waals surface area contributed by atoms with Crippen molar-refractivity contribution < 1.29 is 14.1 Å². The van der Waals surface area contributed by atoms with Crippen molar-refractivity contribution in [1.29, 1.82) is 0 Å². The van der Waals surface area contributed by atoms with Crippen LogP contribution in [0.2, 0.25) is 0 Å². The lowest BCUT2D eigenvalue weighted by molar-refractivity contribution is -0.387. The third kappa shape index (κ3) is 4.66. The molecule has 0 bridgehead atoms. The number of amides is 1. The topological polar surface area (TPSA) is 63.5 Å². The number of halogens is 1. The normalized spacial score (nSPS) is 17.0. The van der Waals surface area contributed by atoms with Gasteiger partial charge in [-0.2, -0.15) is 0 Å². The number of rotatable bonds is 5. The van der Waals surface area contributed by atoms with Crippen LogP contribution in [0.25, 0.3) is 0 Å². The molecule has 1 atom stereocenters. The minimum atomic E-state index is -0.487. The van der Waals surface area contributed by atoms with E-state index < -0.39 is 4.92 Å². The second-order valence-electron chi connectivity index (χ2n) is 6.82. The summed E-state index contributed by atoms with van der Waals surface area (Å²) in [7, 11) is 0. The Bertz CT molecular complexity index is 859. The van der Waals surface area contributed by atoms with Gasteiger partial charge < -0.3 is 4.90 Å². The van der Waals surface area contributed by atoms with E-state index in [-0.39, 0.29) is 23.2 Å². The number of carbonyl (C=O) groups is 1. The molecule has 0 radical (unpaired) electrons. The molecule has 142 valence electrons. The van der Waals surface area contributed by atoms with Crippen LogP contribution < -0.4 is 0 Å². The number of hydrogen-bond donors (Lipinski definition) is 0. The number of likely N-dealkylation sites (tertiary alicyclic amines) is 1. The van der Waals surface area contributed by atoms with Gasteiger partial charge in [0.05, 0.1) is 9.82 Å². The van der Waals surface area contributed by atoms with Gasteiger partial charge in [-0.1, -0.05) is 25.1 Å². The predicted octanol–water partition coefficient (Wildman–Crippen LogP) is 4.90. The first-order valence-electron chi connectivity index (χ1n) is 8.89. The zero-order valence-corrected chi connectivity index (χ0v) is 15.9. The number of nitro groups is 1. The molecule has 27 heavy (non-hydrogen) atoms. The van der Waals surface area contributed by atoms with Crippen molar-refractivity contribution in [3.63, 3.8) is 0 Å². The van der Waals surface area contributed by atoms with Crippen LogP contribution in [0.1, 0.15) is 35.7 Å². The summed E-state index contributed by atoms with van der Waals surface area (Å²) in [5.41, 5.74) is 0.692. The average Bonchev–Trinajstić information content (AvgIpc) is 2.66. The number of piperidine rings is 1. The van der Waals surface area contributed by atoms with E-state index in [9.17, 15) is 19.3 Å². The summed E-state index contributed by atoms with van der Waals surface area (Å²) in [5.74, 6) is 0.215. The molecule has 0 unspecified atom stereocenters. The molecular formula is C20H21FN2O3S. The molecular weight excluding hydrogens is 367 g/mol. The molecule has 0 N–H and O–H groups in total. The lowest BCUT2D eigenvalue weighted by Crippen LogP contribution is -2.39. The molecule has 0 spiro atoms. The maximum atomic E-state index is 13.8. The summed E-state index contributed by atoms with van der Waals surface area (Å²) >= 11 is 1.19. The van der Waals surface area contributed by atoms with E-state index in [1.807, 2.05) is 0 Å². The van der Waals surface area contributed by atoms with E-state index in [0.29, 0.717) is 35.0 Å². The molecule has 1 fully saturated rings. The molecule has 2 aromatic rings. The van der Waals surface area contributed by atoms with Crippen LogP contribution in [0, 0.1) is 21.8 Å². The van der Waals surface area contributed by atoms with Gasteiger partial charge in [-0.3, -0.25) is 14.9 Å². The van der Waals surface area contributed by atoms with E-state index in [2.05, 4.69) is 6.92 Å².